The van der Waals surface area contributed by atoms with Gasteiger partial charge in [-0.2, -0.15) is 0 Å². The monoisotopic (exact) mass is 342 g/mol. The molecular weight excluding hydrogens is 316 g/mol. The Kier molecular flexibility index (Phi) is 7.99. The summed E-state index contributed by atoms with van der Waals surface area (Å²) < 4.78 is 10.3. The first-order valence-corrected chi connectivity index (χ1v) is 8.73. The highest BCUT2D eigenvalue weighted by atomic mass is 16.5. The van der Waals surface area contributed by atoms with Crippen LogP contribution in [0.15, 0.2) is 48.5 Å². The molecule has 2 aromatic carbocycles. The molecule has 0 saturated heterocycles. The molecule has 4 heteroatoms. The predicted octanol–water partition coefficient (Wildman–Crippen LogP) is 4.00. The van der Waals surface area contributed by atoms with Crippen LogP contribution in [0.5, 0.6) is 5.75 Å². The van der Waals surface area contributed by atoms with Gasteiger partial charge in [0.25, 0.3) is 0 Å². The largest absolute Gasteiger partial charge is 0.494 e. The van der Waals surface area contributed by atoms with E-state index >= 15 is 0 Å². The standard InChI is InChI=1S/C21H26O4/c1-24-21(23)6-4-5-17-7-9-18(10-8-17)19-11-13-20(14-12-19)25-16-3-2-15-22/h7-14,22H,2-6,15-16H2,1H3. The molecule has 2 aromatic rings. The summed E-state index contributed by atoms with van der Waals surface area (Å²) in [5.41, 5.74) is 3.52. The Morgan fingerprint density at radius 2 is 1.56 bits per heavy atom. The van der Waals surface area contributed by atoms with Crippen molar-refractivity contribution in [3.05, 3.63) is 54.1 Å². The van der Waals surface area contributed by atoms with Gasteiger partial charge in [-0.25, -0.2) is 0 Å². The smallest absolute Gasteiger partial charge is 0.305 e. The highest BCUT2D eigenvalue weighted by Gasteiger charge is 2.02. The zero-order valence-electron chi connectivity index (χ0n) is 14.7. The molecule has 0 amide bonds. The Hall–Kier alpha value is -2.33. The van der Waals surface area contributed by atoms with Crippen molar-refractivity contribution in [3.63, 3.8) is 0 Å². The minimum absolute atomic E-state index is 0.157. The van der Waals surface area contributed by atoms with Crippen LogP contribution in [0.4, 0.5) is 0 Å². The average Bonchev–Trinajstić information content (AvgIpc) is 2.66. The lowest BCUT2D eigenvalue weighted by atomic mass is 10.0. The highest BCUT2D eigenvalue weighted by molar-refractivity contribution is 5.69. The molecular formula is C21H26O4. The number of unbranched alkanes of at least 4 members (excludes halogenated alkanes) is 1. The molecule has 0 aromatic heterocycles. The summed E-state index contributed by atoms with van der Waals surface area (Å²) in [5.74, 6) is 0.691. The maximum absolute atomic E-state index is 11.1. The van der Waals surface area contributed by atoms with Crippen molar-refractivity contribution < 1.29 is 19.4 Å². The second-order valence-corrected chi connectivity index (χ2v) is 5.93. The second kappa shape index (κ2) is 10.5. The van der Waals surface area contributed by atoms with E-state index in [0.717, 1.165) is 42.6 Å². The molecule has 0 atom stereocenters. The third kappa shape index (κ3) is 6.59. The first-order chi connectivity index (χ1) is 12.2. The van der Waals surface area contributed by atoms with Crippen molar-refractivity contribution in [3.8, 4) is 16.9 Å². The maximum Gasteiger partial charge on any atom is 0.305 e. The Balaban J connectivity index is 1.85. The molecule has 1 N–H and O–H groups in total. The molecule has 0 bridgehead atoms. The van der Waals surface area contributed by atoms with Gasteiger partial charge in [0.1, 0.15) is 5.75 Å². The van der Waals surface area contributed by atoms with Crippen LogP contribution in [0.25, 0.3) is 11.1 Å². The third-order valence-electron chi connectivity index (χ3n) is 4.04. The minimum Gasteiger partial charge on any atom is -0.494 e. The number of aliphatic hydroxyl groups excluding tert-OH is 1. The van der Waals surface area contributed by atoms with E-state index in [1.165, 1.54) is 12.7 Å². The SMILES string of the molecule is COC(=O)CCCc1ccc(-c2ccc(OCCCCO)cc2)cc1. The summed E-state index contributed by atoms with van der Waals surface area (Å²) in [6.45, 7) is 0.834. The lowest BCUT2D eigenvalue weighted by Crippen LogP contribution is -2.00. The van der Waals surface area contributed by atoms with Crippen LogP contribution in [0.2, 0.25) is 0 Å². The molecule has 0 aliphatic rings. The van der Waals surface area contributed by atoms with Gasteiger partial charge in [0.15, 0.2) is 0 Å². The molecule has 0 aliphatic heterocycles. The van der Waals surface area contributed by atoms with Crippen molar-refractivity contribution >= 4 is 5.97 Å². The molecule has 0 aliphatic carbocycles. The Bertz CT molecular complexity index is 632. The second-order valence-electron chi connectivity index (χ2n) is 5.93. The Morgan fingerprint density at radius 3 is 2.16 bits per heavy atom. The van der Waals surface area contributed by atoms with Gasteiger partial charge in [-0.3, -0.25) is 4.79 Å². The molecule has 0 fully saturated rings. The van der Waals surface area contributed by atoms with E-state index in [0.29, 0.717) is 13.0 Å². The van der Waals surface area contributed by atoms with Crippen molar-refractivity contribution in [2.24, 2.45) is 0 Å². The summed E-state index contributed by atoms with van der Waals surface area (Å²) in [5, 5.41) is 8.75. The van der Waals surface area contributed by atoms with Crippen LogP contribution in [0, 0.1) is 0 Å². The number of hydrogen-bond donors (Lipinski definition) is 1. The summed E-state index contributed by atoms with van der Waals surface area (Å²) in [4.78, 5) is 11.1. The molecule has 2 rings (SSSR count). The number of carbonyl (C=O) groups is 1. The van der Waals surface area contributed by atoms with Crippen molar-refractivity contribution in [1.82, 2.24) is 0 Å². The van der Waals surface area contributed by atoms with Crippen LogP contribution in [-0.4, -0.2) is 31.4 Å². The fourth-order valence-corrected chi connectivity index (χ4v) is 2.55. The molecule has 0 unspecified atom stereocenters. The van der Waals surface area contributed by atoms with E-state index in [-0.39, 0.29) is 12.6 Å². The highest BCUT2D eigenvalue weighted by Crippen LogP contribution is 2.23. The average molecular weight is 342 g/mol. The quantitative estimate of drug-likeness (QED) is 0.524. The van der Waals surface area contributed by atoms with Gasteiger partial charge in [0.2, 0.25) is 0 Å². The molecule has 25 heavy (non-hydrogen) atoms. The van der Waals surface area contributed by atoms with Gasteiger partial charge in [0, 0.05) is 13.0 Å². The van der Waals surface area contributed by atoms with Crippen LogP contribution in [0.1, 0.15) is 31.2 Å². The zero-order valence-corrected chi connectivity index (χ0v) is 14.7. The first kappa shape index (κ1) is 19.0. The van der Waals surface area contributed by atoms with Gasteiger partial charge >= 0.3 is 5.97 Å². The lowest BCUT2D eigenvalue weighted by molar-refractivity contribution is -0.140. The molecule has 0 spiro atoms. The number of hydrogen-bond acceptors (Lipinski definition) is 4. The van der Waals surface area contributed by atoms with Gasteiger partial charge in [-0.05, 0) is 54.5 Å². The summed E-state index contributed by atoms with van der Waals surface area (Å²) in [6.07, 6.45) is 3.75. The number of carbonyl (C=O) groups excluding carboxylic acids is 1. The van der Waals surface area contributed by atoms with Crippen LogP contribution in [-0.2, 0) is 16.0 Å². The van der Waals surface area contributed by atoms with Crippen LogP contribution in [0.3, 0.4) is 0 Å². The number of aryl methyl sites for hydroxylation is 1. The van der Waals surface area contributed by atoms with E-state index < -0.39 is 0 Å². The molecule has 4 nitrogen and oxygen atoms in total. The first-order valence-electron chi connectivity index (χ1n) is 8.73. The zero-order chi connectivity index (χ0) is 17.9. The number of benzene rings is 2. The fraction of sp³-hybridized carbons (Fsp3) is 0.381. The van der Waals surface area contributed by atoms with E-state index in [9.17, 15) is 4.79 Å². The van der Waals surface area contributed by atoms with E-state index in [1.54, 1.807) is 0 Å². The van der Waals surface area contributed by atoms with E-state index in [2.05, 4.69) is 29.0 Å². The normalized spacial score (nSPS) is 10.5. The molecule has 0 radical (unpaired) electrons. The van der Waals surface area contributed by atoms with Crippen LogP contribution < -0.4 is 4.74 Å². The summed E-state index contributed by atoms with van der Waals surface area (Å²) in [7, 11) is 1.42. The number of ether oxygens (including phenoxy) is 2. The van der Waals surface area contributed by atoms with E-state index in [1.807, 2.05) is 24.3 Å². The minimum atomic E-state index is -0.157. The Morgan fingerprint density at radius 1 is 0.920 bits per heavy atom. The van der Waals surface area contributed by atoms with Gasteiger partial charge in [0.05, 0.1) is 13.7 Å². The van der Waals surface area contributed by atoms with Crippen LogP contribution >= 0.6 is 0 Å². The van der Waals surface area contributed by atoms with Crippen molar-refractivity contribution in [2.45, 2.75) is 32.1 Å². The van der Waals surface area contributed by atoms with Gasteiger partial charge < -0.3 is 14.6 Å². The number of methoxy groups -OCH3 is 1. The van der Waals surface area contributed by atoms with E-state index in [4.69, 9.17) is 9.84 Å². The predicted molar refractivity (Wildman–Crippen MR) is 98.6 cm³/mol. The third-order valence-corrected chi connectivity index (χ3v) is 4.04. The van der Waals surface area contributed by atoms with Crippen molar-refractivity contribution in [1.29, 1.82) is 0 Å². The number of rotatable bonds is 10. The van der Waals surface area contributed by atoms with Crippen molar-refractivity contribution in [2.75, 3.05) is 20.3 Å². The lowest BCUT2D eigenvalue weighted by Gasteiger charge is -2.08. The maximum atomic E-state index is 11.1. The summed E-state index contributed by atoms with van der Waals surface area (Å²) >= 11 is 0. The van der Waals surface area contributed by atoms with Gasteiger partial charge in [-0.1, -0.05) is 36.4 Å². The fourth-order valence-electron chi connectivity index (χ4n) is 2.55. The molecule has 0 heterocycles. The molecule has 134 valence electrons. The number of aliphatic hydroxyl groups is 1. The summed E-state index contributed by atoms with van der Waals surface area (Å²) in [6, 6.07) is 16.4. The topological polar surface area (TPSA) is 55.8 Å². The number of esters is 1. The molecule has 0 saturated carbocycles. The Labute approximate surface area is 149 Å². The van der Waals surface area contributed by atoms with Gasteiger partial charge in [-0.15, -0.1) is 0 Å².